The van der Waals surface area contributed by atoms with Gasteiger partial charge in [0.1, 0.15) is 0 Å². The Labute approximate surface area is 202 Å². The number of benzene rings is 2. The van der Waals surface area contributed by atoms with Crippen molar-refractivity contribution in [1.82, 2.24) is 9.13 Å². The van der Waals surface area contributed by atoms with E-state index in [2.05, 4.69) is 25.4 Å². The highest BCUT2D eigenvalue weighted by atomic mass is 79.9. The topological polar surface area (TPSA) is 88.8 Å². The molecule has 0 aliphatic carbocycles. The van der Waals surface area contributed by atoms with Gasteiger partial charge in [0.15, 0.2) is 0 Å². The molecule has 0 saturated carbocycles. The number of rotatable bonds is 10. The summed E-state index contributed by atoms with van der Waals surface area (Å²) in [7, 11) is -3.27. The van der Waals surface area contributed by atoms with Crippen LogP contribution in [0.2, 0.25) is 0 Å². The van der Waals surface area contributed by atoms with E-state index in [-0.39, 0.29) is 17.8 Å². The van der Waals surface area contributed by atoms with E-state index in [1.165, 1.54) is 17.7 Å². The standard InChI is InChI=1S/C22H22BrF2N2O6P/c1-3-10-26-13-20(17-6-4-5-7-18(17)21(28)31-2)27(22(26)29)12-15-8-9-16(19(23)11-15)14-34(30,32-24)33-25/h4-9,11,13H,3,10,12,14H2,1-2H3. The summed E-state index contributed by atoms with van der Waals surface area (Å²) in [6, 6.07) is 11.6. The molecule has 0 unspecified atom stereocenters. The van der Waals surface area contributed by atoms with Crippen LogP contribution in [0.4, 0.5) is 9.05 Å². The average Bonchev–Trinajstić information content (AvgIpc) is 3.15. The van der Waals surface area contributed by atoms with Crippen LogP contribution in [-0.4, -0.2) is 22.2 Å². The highest BCUT2D eigenvalue weighted by Gasteiger charge is 2.29. The number of aromatic nitrogens is 2. The summed E-state index contributed by atoms with van der Waals surface area (Å²) >= 11 is 3.29. The van der Waals surface area contributed by atoms with E-state index in [0.717, 1.165) is 6.42 Å². The predicted molar refractivity (Wildman–Crippen MR) is 125 cm³/mol. The van der Waals surface area contributed by atoms with Crippen molar-refractivity contribution >= 4 is 29.5 Å². The smallest absolute Gasteiger partial charge is 0.399 e. The van der Waals surface area contributed by atoms with Crippen LogP contribution in [0.3, 0.4) is 0 Å². The van der Waals surface area contributed by atoms with E-state index in [0.29, 0.717) is 33.4 Å². The molecule has 3 aromatic rings. The number of hydrogen-bond acceptors (Lipinski definition) is 6. The second kappa shape index (κ2) is 11.2. The van der Waals surface area contributed by atoms with E-state index in [1.807, 2.05) is 6.92 Å². The first kappa shape index (κ1) is 26.0. The number of ether oxygens (including phenoxy) is 1. The fourth-order valence-electron chi connectivity index (χ4n) is 3.56. The van der Waals surface area contributed by atoms with Crippen molar-refractivity contribution in [2.75, 3.05) is 7.11 Å². The lowest BCUT2D eigenvalue weighted by molar-refractivity contribution is -0.0881. The molecule has 0 saturated heterocycles. The van der Waals surface area contributed by atoms with Gasteiger partial charge in [0.05, 0.1) is 31.1 Å². The maximum atomic E-state index is 13.2. The van der Waals surface area contributed by atoms with Crippen LogP contribution in [0.1, 0.15) is 34.8 Å². The Morgan fingerprint density at radius 2 is 1.85 bits per heavy atom. The number of esters is 1. The van der Waals surface area contributed by atoms with E-state index < -0.39 is 19.7 Å². The van der Waals surface area contributed by atoms with Gasteiger partial charge in [-0.15, -0.1) is 9.46 Å². The van der Waals surface area contributed by atoms with Gasteiger partial charge in [0.2, 0.25) is 0 Å². The summed E-state index contributed by atoms with van der Waals surface area (Å²) in [5.74, 6) is -0.528. The molecule has 34 heavy (non-hydrogen) atoms. The van der Waals surface area contributed by atoms with Gasteiger partial charge in [-0.3, -0.25) is 13.7 Å². The molecule has 3 rings (SSSR count). The first-order chi connectivity index (χ1) is 16.3. The number of nitrogens with zero attached hydrogens (tertiary/aromatic N) is 2. The van der Waals surface area contributed by atoms with E-state index in [4.69, 9.17) is 4.74 Å². The molecule has 1 heterocycles. The molecule has 0 fully saturated rings. The first-order valence-electron chi connectivity index (χ1n) is 10.2. The Morgan fingerprint density at radius 1 is 1.15 bits per heavy atom. The van der Waals surface area contributed by atoms with Crippen molar-refractivity contribution < 1.29 is 32.6 Å². The summed E-state index contributed by atoms with van der Waals surface area (Å²) in [5.41, 5.74) is 2.07. The molecule has 8 nitrogen and oxygen atoms in total. The Balaban J connectivity index is 2.05. The van der Waals surface area contributed by atoms with Crippen LogP contribution < -0.4 is 5.69 Å². The van der Waals surface area contributed by atoms with E-state index >= 15 is 0 Å². The number of methoxy groups -OCH3 is 1. The average molecular weight is 559 g/mol. The fraction of sp³-hybridized carbons (Fsp3) is 0.273. The number of imidazole rings is 1. The number of carbonyl (C=O) groups is 1. The second-order valence-electron chi connectivity index (χ2n) is 7.45. The van der Waals surface area contributed by atoms with Gasteiger partial charge in [-0.1, -0.05) is 53.2 Å². The lowest BCUT2D eigenvalue weighted by Crippen LogP contribution is -2.25. The van der Waals surface area contributed by atoms with Crippen LogP contribution >= 0.6 is 23.5 Å². The van der Waals surface area contributed by atoms with Crippen LogP contribution in [0.5, 0.6) is 0 Å². The van der Waals surface area contributed by atoms with Gasteiger partial charge in [-0.05, 0) is 38.7 Å². The largest absolute Gasteiger partial charge is 0.465 e. The molecule has 1 aromatic heterocycles. The molecule has 0 atom stereocenters. The second-order valence-corrected chi connectivity index (χ2v) is 10.1. The van der Waals surface area contributed by atoms with Crippen molar-refractivity contribution in [3.05, 3.63) is 80.3 Å². The third kappa shape index (κ3) is 5.55. The molecule has 0 spiro atoms. The summed E-state index contributed by atoms with van der Waals surface area (Å²) < 4.78 is 51.4. The fourth-order valence-corrected chi connectivity index (χ4v) is 5.16. The van der Waals surface area contributed by atoms with Crippen molar-refractivity contribution in [3.8, 4) is 11.3 Å². The molecule has 0 aliphatic rings. The molecule has 0 radical (unpaired) electrons. The molecule has 0 amide bonds. The van der Waals surface area contributed by atoms with E-state index in [9.17, 15) is 23.2 Å². The minimum absolute atomic E-state index is 0.135. The van der Waals surface area contributed by atoms with Gasteiger partial charge in [-0.2, -0.15) is 0 Å². The summed E-state index contributed by atoms with van der Waals surface area (Å²) in [4.78, 5) is 25.5. The van der Waals surface area contributed by atoms with E-state index in [1.54, 1.807) is 47.2 Å². The minimum atomic E-state index is -4.56. The summed E-state index contributed by atoms with van der Waals surface area (Å²) in [6.45, 7) is 2.57. The molecule has 12 heteroatoms. The maximum absolute atomic E-state index is 13.2. The third-order valence-electron chi connectivity index (χ3n) is 5.15. The lowest BCUT2D eigenvalue weighted by atomic mass is 10.0. The predicted octanol–water partition coefficient (Wildman–Crippen LogP) is 5.82. The molecule has 182 valence electrons. The van der Waals surface area contributed by atoms with Crippen LogP contribution in [0, 0.1) is 0 Å². The number of halogens is 3. The van der Waals surface area contributed by atoms with Crippen molar-refractivity contribution in [1.29, 1.82) is 0 Å². The highest BCUT2D eigenvalue weighted by Crippen LogP contribution is 2.53. The normalized spacial score (nSPS) is 11.6. The zero-order valence-corrected chi connectivity index (χ0v) is 20.9. The quantitative estimate of drug-likeness (QED) is 0.230. The molecular formula is C22H22BrF2N2O6P. The van der Waals surface area contributed by atoms with Crippen LogP contribution in [-0.2, 0) is 38.0 Å². The first-order valence-corrected chi connectivity index (χ1v) is 12.7. The monoisotopic (exact) mass is 558 g/mol. The van der Waals surface area contributed by atoms with Gasteiger partial charge >= 0.3 is 19.3 Å². The van der Waals surface area contributed by atoms with Crippen molar-refractivity contribution in [2.45, 2.75) is 32.6 Å². The van der Waals surface area contributed by atoms with Gasteiger partial charge < -0.3 is 4.74 Å². The highest BCUT2D eigenvalue weighted by molar-refractivity contribution is 9.10. The molecule has 0 bridgehead atoms. The van der Waals surface area contributed by atoms with Crippen molar-refractivity contribution in [3.63, 3.8) is 0 Å². The number of hydrogen-bond donors (Lipinski definition) is 0. The summed E-state index contributed by atoms with van der Waals surface area (Å²) in [6.07, 6.45) is 1.80. The zero-order valence-electron chi connectivity index (χ0n) is 18.4. The Bertz CT molecular complexity index is 1280. The summed E-state index contributed by atoms with van der Waals surface area (Å²) in [5, 5.41) is 0. The van der Waals surface area contributed by atoms with Crippen molar-refractivity contribution in [2.24, 2.45) is 0 Å². The molecular weight excluding hydrogens is 537 g/mol. The number of carbonyl (C=O) groups excluding carboxylic acids is 1. The number of aryl methyl sites for hydroxylation is 1. The zero-order chi connectivity index (χ0) is 24.9. The Morgan fingerprint density at radius 3 is 2.47 bits per heavy atom. The van der Waals surface area contributed by atoms with Crippen LogP contribution in [0.15, 0.2) is 57.9 Å². The Kier molecular flexibility index (Phi) is 8.59. The molecule has 0 aliphatic heterocycles. The maximum Gasteiger partial charge on any atom is 0.399 e. The van der Waals surface area contributed by atoms with Gasteiger partial charge in [0.25, 0.3) is 0 Å². The Hall–Kier alpha value is -2.59. The SMILES string of the molecule is CCCn1cc(-c2ccccc2C(=O)OC)n(Cc2ccc(CP(=O)(OF)OF)c(Br)c2)c1=O. The lowest BCUT2D eigenvalue weighted by Gasteiger charge is -2.13. The minimum Gasteiger partial charge on any atom is -0.465 e. The van der Waals surface area contributed by atoms with Gasteiger partial charge in [0, 0.05) is 22.8 Å². The third-order valence-corrected chi connectivity index (χ3v) is 7.04. The van der Waals surface area contributed by atoms with Gasteiger partial charge in [-0.25, -0.2) is 9.59 Å². The molecule has 0 N–H and O–H groups in total. The molecule has 2 aromatic carbocycles. The van der Waals surface area contributed by atoms with Crippen LogP contribution in [0.25, 0.3) is 11.3 Å².